The zero-order valence-electron chi connectivity index (χ0n) is 16.5. The fourth-order valence-electron chi connectivity index (χ4n) is 3.56. The second kappa shape index (κ2) is 9.80. The lowest BCUT2D eigenvalue weighted by atomic mass is 10.2. The van der Waals surface area contributed by atoms with Crippen molar-refractivity contribution in [2.24, 2.45) is 4.99 Å². The van der Waals surface area contributed by atoms with E-state index in [1.165, 1.54) is 0 Å². The molecule has 9 heteroatoms. The van der Waals surface area contributed by atoms with Crippen molar-refractivity contribution in [2.45, 2.75) is 6.92 Å². The lowest BCUT2D eigenvalue weighted by Gasteiger charge is -2.38. The summed E-state index contributed by atoms with van der Waals surface area (Å²) in [5.41, 5.74) is 1.09. The zero-order valence-corrected chi connectivity index (χ0v) is 18.1. The summed E-state index contributed by atoms with van der Waals surface area (Å²) in [4.78, 5) is 11.6. The van der Waals surface area contributed by atoms with Crippen LogP contribution in [0.25, 0.3) is 0 Å². The topological polar surface area (TPSA) is 68.2 Å². The van der Waals surface area contributed by atoms with E-state index in [0.717, 1.165) is 55.9 Å². The Kier molecular flexibility index (Phi) is 7.42. The fourth-order valence-corrected chi connectivity index (χ4v) is 5.10. The van der Waals surface area contributed by atoms with Crippen LogP contribution in [0.4, 0.5) is 5.69 Å². The number of guanidine groups is 1. The van der Waals surface area contributed by atoms with E-state index in [4.69, 9.17) is 16.6 Å². The Hall–Kier alpha value is -1.51. The molecule has 0 amide bonds. The van der Waals surface area contributed by atoms with Crippen molar-refractivity contribution in [3.63, 3.8) is 0 Å². The first-order valence-electron chi connectivity index (χ1n) is 9.94. The summed E-state index contributed by atoms with van der Waals surface area (Å²) in [6.45, 7) is 9.18. The molecular weight excluding hydrogens is 398 g/mol. The number of benzene rings is 1. The van der Waals surface area contributed by atoms with Crippen molar-refractivity contribution < 1.29 is 8.42 Å². The Bertz CT molecular complexity index is 764. The van der Waals surface area contributed by atoms with Crippen molar-refractivity contribution in [3.05, 3.63) is 29.3 Å². The van der Waals surface area contributed by atoms with E-state index < -0.39 is 9.84 Å². The molecule has 0 radical (unpaired) electrons. The highest BCUT2D eigenvalue weighted by molar-refractivity contribution is 7.91. The van der Waals surface area contributed by atoms with Crippen molar-refractivity contribution in [1.82, 2.24) is 15.1 Å². The van der Waals surface area contributed by atoms with Gasteiger partial charge in [0, 0.05) is 52.4 Å². The van der Waals surface area contributed by atoms with Crippen LogP contribution in [-0.2, 0) is 9.84 Å². The second-order valence-electron chi connectivity index (χ2n) is 7.15. The number of anilines is 1. The largest absolute Gasteiger partial charge is 0.367 e. The number of sulfone groups is 1. The highest BCUT2D eigenvalue weighted by Gasteiger charge is 2.22. The molecule has 156 valence electrons. The quantitative estimate of drug-likeness (QED) is 0.561. The zero-order chi connectivity index (χ0) is 20.0. The van der Waals surface area contributed by atoms with E-state index in [-0.39, 0.29) is 11.5 Å². The molecule has 7 nitrogen and oxygen atoms in total. The van der Waals surface area contributed by atoms with Gasteiger partial charge in [0.2, 0.25) is 0 Å². The van der Waals surface area contributed by atoms with E-state index in [9.17, 15) is 8.42 Å². The number of hydrogen-bond acceptors (Lipinski definition) is 5. The minimum atomic E-state index is -2.83. The molecule has 2 heterocycles. The lowest BCUT2D eigenvalue weighted by molar-refractivity contribution is 0.302. The van der Waals surface area contributed by atoms with Gasteiger partial charge in [-0.25, -0.2) is 8.42 Å². The van der Waals surface area contributed by atoms with Gasteiger partial charge in [-0.3, -0.25) is 9.89 Å². The number of nitrogens with zero attached hydrogens (tertiary/aromatic N) is 4. The predicted octanol–water partition coefficient (Wildman–Crippen LogP) is 1.16. The molecule has 2 saturated heterocycles. The number of piperazine rings is 1. The molecule has 0 atom stereocenters. The van der Waals surface area contributed by atoms with Gasteiger partial charge in [-0.15, -0.1) is 0 Å². The third-order valence-electron chi connectivity index (χ3n) is 5.22. The van der Waals surface area contributed by atoms with E-state index in [2.05, 4.69) is 33.0 Å². The maximum atomic E-state index is 11.5. The van der Waals surface area contributed by atoms with Gasteiger partial charge in [0.05, 0.1) is 28.8 Å². The van der Waals surface area contributed by atoms with Crippen LogP contribution < -0.4 is 10.2 Å². The molecule has 0 unspecified atom stereocenters. The van der Waals surface area contributed by atoms with Crippen LogP contribution in [0, 0.1) is 0 Å². The smallest absolute Gasteiger partial charge is 0.194 e. The molecular formula is C19H30ClN5O2S. The minimum absolute atomic E-state index is 0.265. The molecule has 0 bridgehead atoms. The monoisotopic (exact) mass is 427 g/mol. The maximum Gasteiger partial charge on any atom is 0.194 e. The van der Waals surface area contributed by atoms with Crippen molar-refractivity contribution >= 4 is 33.1 Å². The number of para-hydroxylation sites is 1. The van der Waals surface area contributed by atoms with E-state index in [0.29, 0.717) is 19.6 Å². The Morgan fingerprint density at radius 2 is 1.79 bits per heavy atom. The molecule has 0 spiro atoms. The SMILES string of the molecule is CCNC(=NCCN1CCS(=O)(=O)CC1)N1CCN(c2ccccc2Cl)CC1. The third kappa shape index (κ3) is 5.75. The molecule has 1 N–H and O–H groups in total. The van der Waals surface area contributed by atoms with Crippen LogP contribution in [0.2, 0.25) is 5.02 Å². The number of hydrogen-bond donors (Lipinski definition) is 1. The van der Waals surface area contributed by atoms with Gasteiger partial charge in [-0.05, 0) is 19.1 Å². The highest BCUT2D eigenvalue weighted by Crippen LogP contribution is 2.26. The van der Waals surface area contributed by atoms with E-state index in [1.54, 1.807) is 0 Å². The number of halogens is 1. The summed E-state index contributed by atoms with van der Waals surface area (Å²) >= 11 is 6.33. The number of rotatable bonds is 5. The molecule has 2 aliphatic rings. The average Bonchev–Trinajstić information content (AvgIpc) is 2.69. The summed E-state index contributed by atoms with van der Waals surface area (Å²) in [6, 6.07) is 7.97. The minimum Gasteiger partial charge on any atom is -0.367 e. The van der Waals surface area contributed by atoms with E-state index in [1.807, 2.05) is 18.2 Å². The highest BCUT2D eigenvalue weighted by atomic mass is 35.5. The van der Waals surface area contributed by atoms with Crippen LogP contribution in [0.5, 0.6) is 0 Å². The number of nitrogens with one attached hydrogen (secondary N) is 1. The first-order chi connectivity index (χ1) is 13.5. The maximum absolute atomic E-state index is 11.5. The Balaban J connectivity index is 1.51. The summed E-state index contributed by atoms with van der Waals surface area (Å²) < 4.78 is 23.1. The molecule has 2 fully saturated rings. The van der Waals surface area contributed by atoms with Crippen LogP contribution in [0.3, 0.4) is 0 Å². The predicted molar refractivity (Wildman–Crippen MR) is 116 cm³/mol. The summed E-state index contributed by atoms with van der Waals surface area (Å²) in [7, 11) is -2.83. The second-order valence-corrected chi connectivity index (χ2v) is 9.87. The third-order valence-corrected chi connectivity index (χ3v) is 7.15. The standard InChI is InChI=1S/C19H30ClN5O2S/c1-2-21-19(22-7-8-23-13-15-28(26,27)16-14-23)25-11-9-24(10-12-25)18-6-4-3-5-17(18)20/h3-6H,2,7-16H2,1H3,(H,21,22). The van der Waals surface area contributed by atoms with E-state index >= 15 is 0 Å². The van der Waals surface area contributed by atoms with Gasteiger partial charge in [-0.1, -0.05) is 23.7 Å². The molecule has 0 aliphatic carbocycles. The van der Waals surface area contributed by atoms with Crippen molar-refractivity contribution in [1.29, 1.82) is 0 Å². The Morgan fingerprint density at radius 1 is 1.11 bits per heavy atom. The number of aliphatic imine (C=N–C) groups is 1. The molecule has 0 aromatic heterocycles. The molecule has 28 heavy (non-hydrogen) atoms. The van der Waals surface area contributed by atoms with Gasteiger partial charge < -0.3 is 15.1 Å². The van der Waals surface area contributed by atoms with Crippen LogP contribution in [0.15, 0.2) is 29.3 Å². The molecule has 1 aromatic rings. The van der Waals surface area contributed by atoms with Crippen molar-refractivity contribution in [3.8, 4) is 0 Å². The summed E-state index contributed by atoms with van der Waals surface area (Å²) in [6.07, 6.45) is 0. The first kappa shape index (κ1) is 21.2. The van der Waals surface area contributed by atoms with Crippen molar-refractivity contribution in [2.75, 3.05) is 75.3 Å². The average molecular weight is 428 g/mol. The Morgan fingerprint density at radius 3 is 2.43 bits per heavy atom. The van der Waals surface area contributed by atoms with Gasteiger partial charge in [-0.2, -0.15) is 0 Å². The normalized spacial score (nSPS) is 21.0. The molecule has 1 aromatic carbocycles. The molecule has 3 rings (SSSR count). The summed E-state index contributed by atoms with van der Waals surface area (Å²) in [5, 5.41) is 4.18. The fraction of sp³-hybridized carbons (Fsp3) is 0.632. The first-order valence-corrected chi connectivity index (χ1v) is 12.1. The van der Waals surface area contributed by atoms with Crippen LogP contribution >= 0.6 is 11.6 Å². The summed E-state index contributed by atoms with van der Waals surface area (Å²) in [5.74, 6) is 1.47. The molecule has 2 aliphatic heterocycles. The Labute approximate surface area is 173 Å². The van der Waals surface area contributed by atoms with Gasteiger partial charge in [0.15, 0.2) is 15.8 Å². The van der Waals surface area contributed by atoms with Gasteiger partial charge in [0.1, 0.15) is 0 Å². The van der Waals surface area contributed by atoms with Gasteiger partial charge >= 0.3 is 0 Å². The van der Waals surface area contributed by atoms with Gasteiger partial charge in [0.25, 0.3) is 0 Å². The molecule has 0 saturated carbocycles. The lowest BCUT2D eigenvalue weighted by Crippen LogP contribution is -2.52. The van der Waals surface area contributed by atoms with Crippen LogP contribution in [-0.4, -0.2) is 94.6 Å². The van der Waals surface area contributed by atoms with Crippen LogP contribution in [0.1, 0.15) is 6.92 Å².